The lowest BCUT2D eigenvalue weighted by Crippen LogP contribution is -2.34. The minimum Gasteiger partial charge on any atom is -0.495 e. The van der Waals surface area contributed by atoms with E-state index in [9.17, 15) is 4.79 Å². The van der Waals surface area contributed by atoms with Gasteiger partial charge < -0.3 is 20.3 Å². The zero-order chi connectivity index (χ0) is 15.8. The highest BCUT2D eigenvalue weighted by Crippen LogP contribution is 2.27. The van der Waals surface area contributed by atoms with Crippen molar-refractivity contribution in [1.29, 1.82) is 0 Å². The predicted molar refractivity (Wildman–Crippen MR) is 89.9 cm³/mol. The molecule has 122 valence electrons. The van der Waals surface area contributed by atoms with Crippen LogP contribution < -0.4 is 15.4 Å². The van der Waals surface area contributed by atoms with Crippen LogP contribution in [-0.2, 0) is 0 Å². The number of urea groups is 1. The number of hydrogen-bond acceptors (Lipinski definition) is 3. The molecule has 0 spiro atoms. The van der Waals surface area contributed by atoms with Crippen molar-refractivity contribution in [3.05, 3.63) is 23.2 Å². The van der Waals surface area contributed by atoms with Crippen molar-refractivity contribution in [3.8, 4) is 5.75 Å². The molecule has 1 aromatic rings. The Morgan fingerprint density at radius 2 is 2.09 bits per heavy atom. The summed E-state index contributed by atoms with van der Waals surface area (Å²) in [6, 6.07) is 4.89. The molecule has 1 saturated heterocycles. The topological polar surface area (TPSA) is 53.6 Å². The summed E-state index contributed by atoms with van der Waals surface area (Å²) in [6.07, 6.45) is 4.89. The number of nitrogens with one attached hydrogen (secondary N) is 2. The number of hydrogen-bond donors (Lipinski definition) is 2. The quantitative estimate of drug-likeness (QED) is 0.789. The third-order valence-electron chi connectivity index (χ3n) is 3.80. The molecule has 0 atom stereocenters. The standard InChI is InChI=1S/C16H24ClN3O2/c1-22-15-7-6-13(17)12-14(15)19-16(21)18-8-5-11-20-9-3-2-4-10-20/h6-7,12H,2-5,8-11H2,1H3,(H2,18,19,21). The number of benzene rings is 1. The van der Waals surface area contributed by atoms with Crippen molar-refractivity contribution in [2.45, 2.75) is 25.7 Å². The van der Waals surface area contributed by atoms with Gasteiger partial charge in [0.05, 0.1) is 12.8 Å². The molecule has 6 heteroatoms. The van der Waals surface area contributed by atoms with Crippen molar-refractivity contribution in [1.82, 2.24) is 10.2 Å². The van der Waals surface area contributed by atoms with Gasteiger partial charge in [0.1, 0.15) is 5.75 Å². The van der Waals surface area contributed by atoms with Crippen molar-refractivity contribution < 1.29 is 9.53 Å². The molecule has 0 unspecified atom stereocenters. The van der Waals surface area contributed by atoms with Crippen LogP contribution in [0.5, 0.6) is 5.75 Å². The minimum absolute atomic E-state index is 0.237. The van der Waals surface area contributed by atoms with E-state index in [0.717, 1.165) is 13.0 Å². The van der Waals surface area contributed by atoms with Crippen LogP contribution in [-0.4, -0.2) is 44.2 Å². The molecular weight excluding hydrogens is 302 g/mol. The summed E-state index contributed by atoms with van der Waals surface area (Å²) >= 11 is 5.94. The minimum atomic E-state index is -0.237. The van der Waals surface area contributed by atoms with Crippen LogP contribution >= 0.6 is 11.6 Å². The SMILES string of the molecule is COc1ccc(Cl)cc1NC(=O)NCCCN1CCCCC1. The second-order valence-corrected chi connectivity index (χ2v) is 5.92. The van der Waals surface area contributed by atoms with Gasteiger partial charge in [-0.3, -0.25) is 0 Å². The van der Waals surface area contributed by atoms with Crippen molar-refractivity contribution in [2.24, 2.45) is 0 Å². The van der Waals surface area contributed by atoms with E-state index in [1.807, 2.05) is 0 Å². The van der Waals surface area contributed by atoms with E-state index in [-0.39, 0.29) is 6.03 Å². The number of likely N-dealkylation sites (tertiary alicyclic amines) is 1. The Bertz CT molecular complexity index is 490. The Balaban J connectivity index is 1.70. The van der Waals surface area contributed by atoms with Crippen LogP contribution in [0.4, 0.5) is 10.5 Å². The molecular formula is C16H24ClN3O2. The second-order valence-electron chi connectivity index (χ2n) is 5.48. The summed E-state index contributed by atoms with van der Waals surface area (Å²) in [5, 5.41) is 6.19. The lowest BCUT2D eigenvalue weighted by atomic mass is 10.1. The maximum atomic E-state index is 11.9. The first-order valence-corrected chi connectivity index (χ1v) is 8.17. The summed E-state index contributed by atoms with van der Waals surface area (Å²) in [6.45, 7) is 4.07. The second kappa shape index (κ2) is 8.86. The fraction of sp³-hybridized carbons (Fsp3) is 0.562. The number of piperidine rings is 1. The van der Waals surface area contributed by atoms with E-state index in [1.54, 1.807) is 25.3 Å². The summed E-state index contributed by atoms with van der Waals surface area (Å²) in [4.78, 5) is 14.4. The molecule has 5 nitrogen and oxygen atoms in total. The van der Waals surface area contributed by atoms with Crippen molar-refractivity contribution >= 4 is 23.3 Å². The average Bonchev–Trinajstić information content (AvgIpc) is 2.53. The molecule has 1 fully saturated rings. The number of amides is 2. The third-order valence-corrected chi connectivity index (χ3v) is 4.03. The highest BCUT2D eigenvalue weighted by molar-refractivity contribution is 6.31. The van der Waals surface area contributed by atoms with Crippen LogP contribution in [0.1, 0.15) is 25.7 Å². The molecule has 0 saturated carbocycles. The Morgan fingerprint density at radius 3 is 2.82 bits per heavy atom. The third kappa shape index (κ3) is 5.39. The first-order chi connectivity index (χ1) is 10.7. The van der Waals surface area contributed by atoms with Crippen LogP contribution in [0.3, 0.4) is 0 Å². The molecule has 1 heterocycles. The number of carbonyl (C=O) groups is 1. The van der Waals surface area contributed by atoms with Gasteiger partial charge in [0.15, 0.2) is 0 Å². The lowest BCUT2D eigenvalue weighted by molar-refractivity contribution is 0.224. The van der Waals surface area contributed by atoms with E-state index in [1.165, 1.54) is 32.4 Å². The summed E-state index contributed by atoms with van der Waals surface area (Å²) in [7, 11) is 1.56. The number of carbonyl (C=O) groups excluding carboxylic acids is 1. The normalized spacial score (nSPS) is 15.4. The fourth-order valence-electron chi connectivity index (χ4n) is 2.63. The maximum Gasteiger partial charge on any atom is 0.319 e. The van der Waals surface area contributed by atoms with Gasteiger partial charge in [0.2, 0.25) is 0 Å². The number of anilines is 1. The molecule has 22 heavy (non-hydrogen) atoms. The van der Waals surface area contributed by atoms with Gasteiger partial charge in [-0.15, -0.1) is 0 Å². The molecule has 2 N–H and O–H groups in total. The molecule has 0 bridgehead atoms. The van der Waals surface area contributed by atoms with Gasteiger partial charge in [-0.2, -0.15) is 0 Å². The first kappa shape index (κ1) is 16.9. The number of halogens is 1. The van der Waals surface area contributed by atoms with Gasteiger partial charge in [-0.05, 0) is 57.1 Å². The smallest absolute Gasteiger partial charge is 0.319 e. The van der Waals surface area contributed by atoms with E-state index < -0.39 is 0 Å². The maximum absolute atomic E-state index is 11.9. The van der Waals surface area contributed by atoms with Crippen molar-refractivity contribution in [2.75, 3.05) is 38.6 Å². The summed E-state index contributed by atoms with van der Waals surface area (Å²) in [5.74, 6) is 0.591. The highest BCUT2D eigenvalue weighted by atomic mass is 35.5. The Morgan fingerprint density at radius 1 is 1.32 bits per heavy atom. The fourth-order valence-corrected chi connectivity index (χ4v) is 2.80. The Hall–Kier alpha value is -1.46. The van der Waals surface area contributed by atoms with E-state index in [0.29, 0.717) is 23.0 Å². The van der Waals surface area contributed by atoms with E-state index in [2.05, 4.69) is 15.5 Å². The Kier molecular flexibility index (Phi) is 6.80. The lowest BCUT2D eigenvalue weighted by Gasteiger charge is -2.26. The largest absolute Gasteiger partial charge is 0.495 e. The average molecular weight is 326 g/mol. The number of nitrogens with zero attached hydrogens (tertiary/aromatic N) is 1. The number of rotatable bonds is 6. The van der Waals surface area contributed by atoms with Crippen LogP contribution in [0.2, 0.25) is 5.02 Å². The van der Waals surface area contributed by atoms with Crippen LogP contribution in [0, 0.1) is 0 Å². The van der Waals surface area contributed by atoms with Gasteiger partial charge in [-0.25, -0.2) is 4.79 Å². The van der Waals surface area contributed by atoms with Crippen LogP contribution in [0.15, 0.2) is 18.2 Å². The summed E-state index contributed by atoms with van der Waals surface area (Å²) in [5.41, 5.74) is 0.573. The molecule has 0 radical (unpaired) electrons. The predicted octanol–water partition coefficient (Wildman–Crippen LogP) is 3.35. The van der Waals surface area contributed by atoms with Gasteiger partial charge in [0.25, 0.3) is 0 Å². The molecule has 0 aromatic heterocycles. The molecule has 2 rings (SSSR count). The number of methoxy groups -OCH3 is 1. The van der Waals surface area contributed by atoms with Gasteiger partial charge >= 0.3 is 6.03 Å². The van der Waals surface area contributed by atoms with Crippen LogP contribution in [0.25, 0.3) is 0 Å². The number of ether oxygens (including phenoxy) is 1. The first-order valence-electron chi connectivity index (χ1n) is 7.80. The molecule has 1 aliphatic heterocycles. The monoisotopic (exact) mass is 325 g/mol. The molecule has 0 aliphatic carbocycles. The summed E-state index contributed by atoms with van der Waals surface area (Å²) < 4.78 is 5.20. The van der Waals surface area contributed by atoms with E-state index in [4.69, 9.17) is 16.3 Å². The molecule has 1 aliphatic rings. The van der Waals surface area contributed by atoms with Crippen molar-refractivity contribution in [3.63, 3.8) is 0 Å². The zero-order valence-electron chi connectivity index (χ0n) is 13.0. The highest BCUT2D eigenvalue weighted by Gasteiger charge is 2.10. The van der Waals surface area contributed by atoms with E-state index >= 15 is 0 Å². The van der Waals surface area contributed by atoms with Gasteiger partial charge in [0, 0.05) is 11.6 Å². The molecule has 1 aromatic carbocycles. The Labute approximate surface area is 137 Å². The van der Waals surface area contributed by atoms with Gasteiger partial charge in [-0.1, -0.05) is 18.0 Å². The zero-order valence-corrected chi connectivity index (χ0v) is 13.8. The molecule has 2 amide bonds.